The highest BCUT2D eigenvalue weighted by Gasteiger charge is 2.25. The summed E-state index contributed by atoms with van der Waals surface area (Å²) in [6.45, 7) is 2.73. The molecule has 2 aromatic carbocycles. The highest BCUT2D eigenvalue weighted by Crippen LogP contribution is 2.32. The van der Waals surface area contributed by atoms with Crippen molar-refractivity contribution in [1.82, 2.24) is 8.99 Å². The van der Waals surface area contributed by atoms with Crippen LogP contribution in [0.4, 0.5) is 20.2 Å². The molecule has 7 nitrogen and oxygen atoms in total. The van der Waals surface area contributed by atoms with Crippen molar-refractivity contribution in [3.8, 4) is 0 Å². The smallest absolute Gasteiger partial charge is 0.290 e. The Hall–Kier alpha value is -1.09. The van der Waals surface area contributed by atoms with E-state index in [1.807, 2.05) is 4.90 Å². The molecule has 3 rings (SSSR count). The number of hydrogen-bond acceptors (Lipinski definition) is 6. The predicted octanol–water partition coefficient (Wildman–Crippen LogP) is 4.34. The molecule has 2 aromatic rings. The number of aliphatic hydroxyl groups is 1. The van der Waals surface area contributed by atoms with Crippen LogP contribution in [0.2, 0.25) is 5.02 Å². The second-order valence-electron chi connectivity index (χ2n) is 6.95. The van der Waals surface area contributed by atoms with Crippen LogP contribution in [0.25, 0.3) is 0 Å². The second kappa shape index (κ2) is 11.9. The Morgan fingerprint density at radius 1 is 1.34 bits per heavy atom. The number of nitrogens with zero attached hydrogens (tertiary/aromatic N) is 2. The molecule has 2 N–H and O–H groups in total. The number of nitrogens with one attached hydrogen (secondary N) is 1. The van der Waals surface area contributed by atoms with Gasteiger partial charge in [0.25, 0.3) is 5.91 Å². The van der Waals surface area contributed by atoms with Crippen molar-refractivity contribution >= 4 is 67.6 Å². The molecule has 1 atom stereocenters. The fraction of sp³-hybridized carbons (Fsp3) is 0.350. The first kappa shape index (κ1) is 25.5. The van der Waals surface area contributed by atoms with Gasteiger partial charge in [-0.05, 0) is 52.9 Å². The number of anilines is 2. The van der Waals surface area contributed by atoms with Gasteiger partial charge < -0.3 is 15.2 Å². The number of aliphatic hydroxyl groups excluding tert-OH is 1. The summed E-state index contributed by atoms with van der Waals surface area (Å²) in [5.74, 6) is -3.17. The van der Waals surface area contributed by atoms with Gasteiger partial charge in [-0.1, -0.05) is 11.6 Å². The van der Waals surface area contributed by atoms with Crippen LogP contribution in [0.5, 0.6) is 0 Å². The Morgan fingerprint density at radius 3 is 2.75 bits per heavy atom. The van der Waals surface area contributed by atoms with E-state index in [1.165, 1.54) is 0 Å². The number of amides is 1. The van der Waals surface area contributed by atoms with Crippen molar-refractivity contribution in [2.45, 2.75) is 6.10 Å². The average Bonchev–Trinajstić information content (AvgIpc) is 2.77. The summed E-state index contributed by atoms with van der Waals surface area (Å²) < 4.78 is 35.3. The molecular weight excluding hydrogens is 626 g/mol. The minimum Gasteiger partial charge on any atom is -0.389 e. The van der Waals surface area contributed by atoms with Crippen LogP contribution in [-0.4, -0.2) is 65.6 Å². The van der Waals surface area contributed by atoms with Crippen molar-refractivity contribution in [2.75, 3.05) is 44.8 Å². The third-order valence-electron chi connectivity index (χ3n) is 4.63. The number of carbonyl (C=O) groups excluding carboxylic acids is 1. The molecule has 32 heavy (non-hydrogen) atoms. The van der Waals surface area contributed by atoms with E-state index in [0.717, 1.165) is 15.7 Å². The molecule has 0 spiro atoms. The maximum absolute atomic E-state index is 14.6. The fourth-order valence-corrected chi connectivity index (χ4v) is 4.23. The van der Waals surface area contributed by atoms with E-state index >= 15 is 0 Å². The normalized spacial score (nSPS) is 15.4. The maximum atomic E-state index is 14.6. The summed E-state index contributed by atoms with van der Waals surface area (Å²) in [5, 5.41) is 13.1. The zero-order valence-electron chi connectivity index (χ0n) is 16.7. The molecule has 1 unspecified atom stereocenters. The van der Waals surface area contributed by atoms with Crippen LogP contribution >= 0.6 is 50.3 Å². The van der Waals surface area contributed by atoms with Gasteiger partial charge >= 0.3 is 0 Å². The first-order valence-electron chi connectivity index (χ1n) is 9.57. The maximum Gasteiger partial charge on any atom is 0.290 e. The number of rotatable bonds is 8. The van der Waals surface area contributed by atoms with Gasteiger partial charge in [0.15, 0.2) is 11.6 Å². The van der Waals surface area contributed by atoms with E-state index in [9.17, 15) is 18.7 Å². The molecule has 1 saturated heterocycles. The van der Waals surface area contributed by atoms with Gasteiger partial charge in [-0.15, -0.1) is 4.09 Å². The highest BCUT2D eigenvalue weighted by molar-refractivity contribution is 14.1. The largest absolute Gasteiger partial charge is 0.389 e. The standard InChI is InChI=1S/C20H20BrClF2IN3O4/c21-28(32-11-13(29)10-27-5-7-31-8-6-27)20(30)14-2-3-16(23)18(24)19(14)26-17-4-1-12(25)9-15(17)22/h1-4,9,13,26,29H,5-8,10-11H2. The molecule has 1 aliphatic rings. The van der Waals surface area contributed by atoms with Gasteiger partial charge in [0, 0.05) is 23.2 Å². The van der Waals surface area contributed by atoms with Crippen molar-refractivity contribution in [3.05, 3.63) is 56.1 Å². The van der Waals surface area contributed by atoms with E-state index in [-0.39, 0.29) is 22.9 Å². The third-order valence-corrected chi connectivity index (χ3v) is 6.14. The molecule has 0 saturated carbocycles. The molecule has 1 amide bonds. The monoisotopic (exact) mass is 645 g/mol. The number of hydroxylamine groups is 1. The van der Waals surface area contributed by atoms with Gasteiger partial charge in [0.05, 0.1) is 57.4 Å². The van der Waals surface area contributed by atoms with Gasteiger partial charge in [-0.3, -0.25) is 14.5 Å². The fourth-order valence-electron chi connectivity index (χ4n) is 3.02. The van der Waals surface area contributed by atoms with Gasteiger partial charge in [-0.2, -0.15) is 0 Å². The lowest BCUT2D eigenvalue weighted by molar-refractivity contribution is -0.0876. The zero-order chi connectivity index (χ0) is 23.3. The number of β-amino-alcohol motifs (C(OH)–C–C–N with tert-alkyl or cyclic N) is 1. The molecule has 0 aromatic heterocycles. The number of carbonyl (C=O) groups is 1. The number of halogens is 5. The van der Waals surface area contributed by atoms with E-state index in [0.29, 0.717) is 42.6 Å². The summed E-state index contributed by atoms with van der Waals surface area (Å²) in [5.41, 5.74) is -0.285. The van der Waals surface area contributed by atoms with Crippen LogP contribution in [0.15, 0.2) is 30.3 Å². The number of hydrogen-bond donors (Lipinski definition) is 2. The molecular formula is C20H20BrClF2IN3O4. The van der Waals surface area contributed by atoms with Crippen molar-refractivity contribution in [2.24, 2.45) is 0 Å². The predicted molar refractivity (Wildman–Crippen MR) is 128 cm³/mol. The Labute approximate surface area is 211 Å². The molecule has 0 bridgehead atoms. The molecule has 0 aliphatic carbocycles. The molecule has 12 heteroatoms. The van der Waals surface area contributed by atoms with Crippen LogP contribution in [-0.2, 0) is 9.57 Å². The Morgan fingerprint density at radius 2 is 2.06 bits per heavy atom. The Balaban J connectivity index is 1.70. The number of benzene rings is 2. The van der Waals surface area contributed by atoms with Crippen molar-refractivity contribution < 1.29 is 28.3 Å². The summed E-state index contributed by atoms with van der Waals surface area (Å²) in [7, 11) is 0. The van der Waals surface area contributed by atoms with Crippen LogP contribution in [0, 0.1) is 15.2 Å². The first-order valence-corrected chi connectivity index (χ1v) is 11.7. The average molecular weight is 647 g/mol. The minimum atomic E-state index is -1.24. The van der Waals surface area contributed by atoms with Crippen molar-refractivity contribution in [1.29, 1.82) is 0 Å². The summed E-state index contributed by atoms with van der Waals surface area (Å²) in [6, 6.07) is 6.93. The molecule has 1 fully saturated rings. The quantitative estimate of drug-likeness (QED) is 0.253. The van der Waals surface area contributed by atoms with E-state index < -0.39 is 23.6 Å². The molecule has 174 valence electrons. The third kappa shape index (κ3) is 6.72. The molecule has 0 radical (unpaired) electrons. The Bertz CT molecular complexity index is 969. The van der Waals surface area contributed by atoms with E-state index in [2.05, 4.69) is 44.1 Å². The summed E-state index contributed by atoms with van der Waals surface area (Å²) in [6.07, 6.45) is -0.867. The lowest BCUT2D eigenvalue weighted by Crippen LogP contribution is -2.42. The van der Waals surface area contributed by atoms with Gasteiger partial charge in [0.2, 0.25) is 0 Å². The zero-order valence-corrected chi connectivity index (χ0v) is 21.2. The SMILES string of the molecule is O=C(c1ccc(F)c(F)c1Nc1ccc(I)cc1Cl)N(Br)OCC(O)CN1CCOCC1. The van der Waals surface area contributed by atoms with Gasteiger partial charge in [-0.25, -0.2) is 8.78 Å². The molecule has 1 heterocycles. The molecule has 1 aliphatic heterocycles. The number of morpholine rings is 1. The van der Waals surface area contributed by atoms with Crippen LogP contribution in [0.3, 0.4) is 0 Å². The lowest BCUT2D eigenvalue weighted by atomic mass is 10.1. The van der Waals surface area contributed by atoms with Crippen LogP contribution in [0.1, 0.15) is 10.4 Å². The highest BCUT2D eigenvalue weighted by atomic mass is 127. The van der Waals surface area contributed by atoms with E-state index in [4.69, 9.17) is 21.2 Å². The minimum absolute atomic E-state index is 0.191. The van der Waals surface area contributed by atoms with Crippen molar-refractivity contribution in [3.63, 3.8) is 0 Å². The van der Waals surface area contributed by atoms with E-state index in [1.54, 1.807) is 18.2 Å². The summed E-state index contributed by atoms with van der Waals surface area (Å²) in [4.78, 5) is 20.2. The Kier molecular flexibility index (Phi) is 9.46. The second-order valence-corrected chi connectivity index (χ2v) is 9.24. The lowest BCUT2D eigenvalue weighted by Gasteiger charge is -2.28. The van der Waals surface area contributed by atoms with Gasteiger partial charge in [0.1, 0.15) is 6.61 Å². The first-order chi connectivity index (χ1) is 15.3. The number of ether oxygens (including phenoxy) is 1. The summed E-state index contributed by atoms with van der Waals surface area (Å²) >= 11 is 11.2. The van der Waals surface area contributed by atoms with Crippen LogP contribution < -0.4 is 5.32 Å². The topological polar surface area (TPSA) is 74.3 Å².